The van der Waals surface area contributed by atoms with Crippen molar-refractivity contribution >= 4 is 58.5 Å². The van der Waals surface area contributed by atoms with Gasteiger partial charge in [-0.15, -0.1) is 0 Å². The predicted molar refractivity (Wildman–Crippen MR) is 97.0 cm³/mol. The molecule has 0 saturated heterocycles. The number of amides is 2. The average Bonchev–Trinajstić information content (AvgIpc) is 2.53. The van der Waals surface area contributed by atoms with Crippen molar-refractivity contribution in [3.05, 3.63) is 62.6 Å². The number of hydrogen-bond donors (Lipinski definition) is 2. The first-order valence-electron chi connectivity index (χ1n) is 6.72. The number of carbonyl (C=O) groups excluding carboxylic acids is 2. The van der Waals surface area contributed by atoms with E-state index in [2.05, 4.69) is 15.8 Å². The fraction of sp³-hybridized carbons (Fsp3) is 0.0625. The number of halogens is 3. The highest BCUT2D eigenvalue weighted by Gasteiger charge is 2.13. The molecule has 2 rings (SSSR count). The van der Waals surface area contributed by atoms with Gasteiger partial charge in [-0.25, -0.2) is 5.43 Å². The minimum Gasteiger partial charge on any atom is -0.318 e. The monoisotopic (exact) mass is 383 g/mol. The molecule has 0 aromatic heterocycles. The molecule has 0 spiro atoms. The van der Waals surface area contributed by atoms with Gasteiger partial charge in [-0.05, 0) is 36.8 Å². The minimum atomic E-state index is -0.923. The third-order valence-corrected chi connectivity index (χ3v) is 3.94. The Kier molecular flexibility index (Phi) is 6.20. The second-order valence-corrected chi connectivity index (χ2v) is 6.03. The summed E-state index contributed by atoms with van der Waals surface area (Å²) in [4.78, 5) is 23.5. The maximum Gasteiger partial charge on any atom is 0.329 e. The van der Waals surface area contributed by atoms with Gasteiger partial charge in [-0.1, -0.05) is 46.9 Å². The zero-order valence-corrected chi connectivity index (χ0v) is 14.7. The number of nitrogens with zero attached hydrogens (tertiary/aromatic N) is 1. The molecule has 0 unspecified atom stereocenters. The average molecular weight is 385 g/mol. The highest BCUT2D eigenvalue weighted by atomic mass is 35.5. The summed E-state index contributed by atoms with van der Waals surface area (Å²) in [6.07, 6.45) is 1.31. The number of hydrazone groups is 1. The Balaban J connectivity index is 1.95. The van der Waals surface area contributed by atoms with Gasteiger partial charge in [-0.3, -0.25) is 9.59 Å². The number of anilines is 1. The van der Waals surface area contributed by atoms with Gasteiger partial charge in [0.05, 0.1) is 11.2 Å². The summed E-state index contributed by atoms with van der Waals surface area (Å²) in [5, 5.41) is 7.46. The van der Waals surface area contributed by atoms with Crippen LogP contribution in [0.1, 0.15) is 11.1 Å². The second kappa shape index (κ2) is 8.15. The van der Waals surface area contributed by atoms with Gasteiger partial charge in [0.1, 0.15) is 0 Å². The van der Waals surface area contributed by atoms with E-state index >= 15 is 0 Å². The topological polar surface area (TPSA) is 70.6 Å². The van der Waals surface area contributed by atoms with Crippen LogP contribution in [-0.2, 0) is 9.59 Å². The van der Waals surface area contributed by atoms with Crippen molar-refractivity contribution in [3.8, 4) is 0 Å². The van der Waals surface area contributed by atoms with Crippen LogP contribution in [0.3, 0.4) is 0 Å². The van der Waals surface area contributed by atoms with Crippen LogP contribution in [0.2, 0.25) is 15.1 Å². The van der Waals surface area contributed by atoms with Crippen molar-refractivity contribution in [1.29, 1.82) is 0 Å². The van der Waals surface area contributed by atoms with Gasteiger partial charge in [0.25, 0.3) is 0 Å². The molecule has 0 heterocycles. The third-order valence-electron chi connectivity index (χ3n) is 2.97. The zero-order valence-electron chi connectivity index (χ0n) is 12.4. The Labute approximate surface area is 153 Å². The Hall–Kier alpha value is -2.08. The van der Waals surface area contributed by atoms with Crippen molar-refractivity contribution in [1.82, 2.24) is 5.43 Å². The highest BCUT2D eigenvalue weighted by Crippen LogP contribution is 2.20. The SMILES string of the molecule is Cc1ccc(NC(=O)C(=O)N/N=C/c2ccc(Cl)cc2Cl)cc1Cl. The lowest BCUT2D eigenvalue weighted by Gasteiger charge is -2.05. The summed E-state index contributed by atoms with van der Waals surface area (Å²) >= 11 is 17.7. The first-order chi connectivity index (χ1) is 11.4. The summed E-state index contributed by atoms with van der Waals surface area (Å²) in [5.41, 5.74) is 3.94. The number of nitrogens with one attached hydrogen (secondary N) is 2. The van der Waals surface area contributed by atoms with E-state index in [9.17, 15) is 9.59 Å². The quantitative estimate of drug-likeness (QED) is 0.476. The molecule has 0 saturated carbocycles. The van der Waals surface area contributed by atoms with Crippen molar-refractivity contribution in [2.75, 3.05) is 5.32 Å². The van der Waals surface area contributed by atoms with E-state index in [1.165, 1.54) is 6.21 Å². The Morgan fingerprint density at radius 1 is 1.00 bits per heavy atom. The number of benzene rings is 2. The van der Waals surface area contributed by atoms with Crippen molar-refractivity contribution in [2.24, 2.45) is 5.10 Å². The molecule has 0 aliphatic carbocycles. The summed E-state index contributed by atoms with van der Waals surface area (Å²) < 4.78 is 0. The molecule has 0 aliphatic heterocycles. The maximum atomic E-state index is 11.8. The normalized spacial score (nSPS) is 10.7. The third kappa shape index (κ3) is 4.96. The molecule has 124 valence electrons. The molecule has 0 bridgehead atoms. The van der Waals surface area contributed by atoms with Gasteiger partial charge < -0.3 is 5.32 Å². The smallest absolute Gasteiger partial charge is 0.318 e. The molecule has 2 aromatic carbocycles. The highest BCUT2D eigenvalue weighted by molar-refractivity contribution is 6.40. The molecule has 0 fully saturated rings. The van der Waals surface area contributed by atoms with Crippen molar-refractivity contribution < 1.29 is 9.59 Å². The van der Waals surface area contributed by atoms with Gasteiger partial charge in [0.15, 0.2) is 0 Å². The molecule has 5 nitrogen and oxygen atoms in total. The fourth-order valence-corrected chi connectivity index (χ4v) is 2.31. The molecule has 2 N–H and O–H groups in total. The lowest BCUT2D eigenvalue weighted by atomic mass is 10.2. The minimum absolute atomic E-state index is 0.374. The van der Waals surface area contributed by atoms with Gasteiger partial charge in [0.2, 0.25) is 0 Å². The van der Waals surface area contributed by atoms with E-state index in [0.29, 0.717) is 26.3 Å². The van der Waals surface area contributed by atoms with Crippen LogP contribution in [-0.4, -0.2) is 18.0 Å². The lowest BCUT2D eigenvalue weighted by Crippen LogP contribution is -2.32. The number of aryl methyl sites for hydroxylation is 1. The van der Waals surface area contributed by atoms with E-state index in [1.54, 1.807) is 36.4 Å². The first kappa shape index (κ1) is 18.3. The van der Waals surface area contributed by atoms with E-state index in [1.807, 2.05) is 6.92 Å². The second-order valence-electron chi connectivity index (χ2n) is 4.78. The number of rotatable bonds is 3. The summed E-state index contributed by atoms with van der Waals surface area (Å²) in [7, 11) is 0. The van der Waals surface area contributed by atoms with Gasteiger partial charge >= 0.3 is 11.8 Å². The summed E-state index contributed by atoms with van der Waals surface area (Å²) in [6, 6.07) is 9.73. The molecule has 0 radical (unpaired) electrons. The van der Waals surface area contributed by atoms with Gasteiger partial charge in [-0.2, -0.15) is 5.10 Å². The van der Waals surface area contributed by atoms with Crippen LogP contribution in [0.15, 0.2) is 41.5 Å². The summed E-state index contributed by atoms with van der Waals surface area (Å²) in [5.74, 6) is -1.79. The Morgan fingerprint density at radius 3 is 2.42 bits per heavy atom. The number of hydrogen-bond acceptors (Lipinski definition) is 3. The Bertz CT molecular complexity index is 822. The zero-order chi connectivity index (χ0) is 17.7. The molecule has 2 aromatic rings. The summed E-state index contributed by atoms with van der Waals surface area (Å²) in [6.45, 7) is 1.83. The van der Waals surface area contributed by atoms with E-state index in [-0.39, 0.29) is 0 Å². The van der Waals surface area contributed by atoms with Crippen LogP contribution < -0.4 is 10.7 Å². The van der Waals surface area contributed by atoms with E-state index in [0.717, 1.165) is 5.56 Å². The first-order valence-corrected chi connectivity index (χ1v) is 7.86. The number of carbonyl (C=O) groups is 2. The fourth-order valence-electron chi connectivity index (χ4n) is 1.68. The van der Waals surface area contributed by atoms with Crippen LogP contribution in [0.25, 0.3) is 0 Å². The largest absolute Gasteiger partial charge is 0.329 e. The van der Waals surface area contributed by atoms with Crippen molar-refractivity contribution in [2.45, 2.75) is 6.92 Å². The molecular formula is C16H12Cl3N3O2. The van der Waals surface area contributed by atoms with Crippen LogP contribution >= 0.6 is 34.8 Å². The lowest BCUT2D eigenvalue weighted by molar-refractivity contribution is -0.136. The molecular weight excluding hydrogens is 373 g/mol. The van der Waals surface area contributed by atoms with Crippen molar-refractivity contribution in [3.63, 3.8) is 0 Å². The molecule has 8 heteroatoms. The molecule has 24 heavy (non-hydrogen) atoms. The molecule has 0 atom stereocenters. The van der Waals surface area contributed by atoms with E-state index in [4.69, 9.17) is 34.8 Å². The van der Waals surface area contributed by atoms with E-state index < -0.39 is 11.8 Å². The van der Waals surface area contributed by atoms with Crippen LogP contribution in [0.5, 0.6) is 0 Å². The van der Waals surface area contributed by atoms with Gasteiger partial charge in [0, 0.05) is 21.3 Å². The standard InChI is InChI=1S/C16H12Cl3N3O2/c1-9-2-5-12(7-13(9)18)21-15(23)16(24)22-20-8-10-3-4-11(17)6-14(10)19/h2-8H,1H3,(H,21,23)(H,22,24)/b20-8+. The predicted octanol–water partition coefficient (Wildman–Crippen LogP) is 4.04. The van der Waals surface area contributed by atoms with Crippen LogP contribution in [0.4, 0.5) is 5.69 Å². The van der Waals surface area contributed by atoms with Crippen LogP contribution in [0, 0.1) is 6.92 Å². The maximum absolute atomic E-state index is 11.8. The Morgan fingerprint density at radius 2 is 1.75 bits per heavy atom. The molecule has 0 aliphatic rings. The molecule has 2 amide bonds.